The summed E-state index contributed by atoms with van der Waals surface area (Å²) in [7, 11) is 0. The Balaban J connectivity index is 1.66. The molecule has 0 saturated heterocycles. The van der Waals surface area contributed by atoms with Gasteiger partial charge in [-0.15, -0.1) is 5.10 Å². The highest BCUT2D eigenvalue weighted by atomic mass is 19.1. The van der Waals surface area contributed by atoms with Crippen molar-refractivity contribution in [1.82, 2.24) is 25.1 Å². The van der Waals surface area contributed by atoms with Gasteiger partial charge in [-0.05, 0) is 55.4 Å². The average molecular weight is 491 g/mol. The monoisotopic (exact) mass is 490 g/mol. The molecular weight excluding hydrogens is 462 g/mol. The van der Waals surface area contributed by atoms with Crippen LogP contribution in [0.3, 0.4) is 0 Å². The molecule has 0 amide bonds. The molecule has 0 fully saturated rings. The van der Waals surface area contributed by atoms with E-state index in [9.17, 15) is 8.78 Å². The summed E-state index contributed by atoms with van der Waals surface area (Å²) in [6, 6.07) is 5.25. The number of fused-ring (bicyclic) bond motifs is 1. The van der Waals surface area contributed by atoms with Gasteiger partial charge in [0.2, 0.25) is 5.89 Å². The molecule has 0 spiro atoms. The van der Waals surface area contributed by atoms with Gasteiger partial charge >= 0.3 is 0 Å². The van der Waals surface area contributed by atoms with Gasteiger partial charge in [-0.25, -0.2) is 18.7 Å². The largest absolute Gasteiger partial charge is 0.443 e. The zero-order valence-corrected chi connectivity index (χ0v) is 20.9. The van der Waals surface area contributed by atoms with E-state index in [2.05, 4.69) is 47.9 Å². The zero-order valence-electron chi connectivity index (χ0n) is 20.9. The van der Waals surface area contributed by atoms with Crippen molar-refractivity contribution in [2.24, 2.45) is 11.1 Å². The third kappa shape index (κ3) is 3.69. The van der Waals surface area contributed by atoms with E-state index in [0.717, 1.165) is 12.0 Å². The molecule has 4 aromatic rings. The molecule has 0 unspecified atom stereocenters. The normalized spacial score (nSPS) is 21.7. The minimum absolute atomic E-state index is 0.0867. The molecule has 3 atom stereocenters. The van der Waals surface area contributed by atoms with E-state index in [1.54, 1.807) is 18.5 Å². The van der Waals surface area contributed by atoms with Gasteiger partial charge in [-0.2, -0.15) is 5.10 Å². The summed E-state index contributed by atoms with van der Waals surface area (Å²) in [4.78, 5) is 13.8. The highest BCUT2D eigenvalue weighted by Crippen LogP contribution is 2.56. The van der Waals surface area contributed by atoms with Crippen molar-refractivity contribution >= 4 is 0 Å². The zero-order chi connectivity index (χ0) is 25.8. The topological polar surface area (TPSA) is 104 Å². The molecule has 0 saturated carbocycles. The van der Waals surface area contributed by atoms with Gasteiger partial charge in [-0.3, -0.25) is 4.98 Å². The van der Waals surface area contributed by atoms with Crippen LogP contribution in [0.4, 0.5) is 8.78 Å². The molecule has 7 nitrogen and oxygen atoms in total. The van der Waals surface area contributed by atoms with Crippen LogP contribution in [0.15, 0.2) is 47.3 Å². The molecule has 3 aromatic heterocycles. The van der Waals surface area contributed by atoms with Crippen molar-refractivity contribution < 1.29 is 13.2 Å². The Bertz CT molecular complexity index is 1430. The maximum Gasteiger partial charge on any atom is 0.246 e. The predicted molar refractivity (Wildman–Crippen MR) is 131 cm³/mol. The molecular formula is C27H28F2N6O. The Labute approximate surface area is 208 Å². The van der Waals surface area contributed by atoms with E-state index in [1.165, 1.54) is 24.5 Å². The summed E-state index contributed by atoms with van der Waals surface area (Å²) in [5.74, 6) is -0.930. The fourth-order valence-electron chi connectivity index (χ4n) is 5.23. The average Bonchev–Trinajstić information content (AvgIpc) is 3.33. The van der Waals surface area contributed by atoms with Crippen LogP contribution in [0.25, 0.3) is 22.8 Å². The molecule has 2 N–H and O–H groups in total. The van der Waals surface area contributed by atoms with Crippen molar-refractivity contribution in [3.05, 3.63) is 77.2 Å². The van der Waals surface area contributed by atoms with Crippen molar-refractivity contribution in [2.45, 2.75) is 58.4 Å². The van der Waals surface area contributed by atoms with Crippen molar-refractivity contribution in [3.8, 4) is 22.8 Å². The van der Waals surface area contributed by atoms with Gasteiger partial charge < -0.3 is 10.2 Å². The van der Waals surface area contributed by atoms with Gasteiger partial charge in [0.15, 0.2) is 0 Å². The van der Waals surface area contributed by atoms with Crippen LogP contribution < -0.4 is 5.73 Å². The molecule has 1 aliphatic carbocycles. The standard InChI is InChI=1S/C27H28F2N6O/c1-14-10-26(3,4)27(5,22-12-31-11-20(32-22)25-33-21(13-36-25)15(2)30)24-16(14)9-19(34-35-24)23-17(28)7-6-8-18(23)29/h6-9,11-15H,10,30H2,1-5H3/t14-,15+,27+/m1/s1. The second kappa shape index (κ2) is 8.51. The van der Waals surface area contributed by atoms with Crippen LogP contribution in [-0.2, 0) is 5.41 Å². The third-order valence-electron chi connectivity index (χ3n) is 7.57. The fourth-order valence-corrected chi connectivity index (χ4v) is 5.23. The van der Waals surface area contributed by atoms with Gasteiger partial charge in [0, 0.05) is 12.2 Å². The van der Waals surface area contributed by atoms with Gasteiger partial charge in [0.25, 0.3) is 0 Å². The van der Waals surface area contributed by atoms with Crippen LogP contribution in [0.1, 0.15) is 75.6 Å². The van der Waals surface area contributed by atoms with Crippen molar-refractivity contribution in [1.29, 1.82) is 0 Å². The lowest BCUT2D eigenvalue weighted by Gasteiger charge is -2.49. The van der Waals surface area contributed by atoms with E-state index in [4.69, 9.17) is 15.1 Å². The first-order valence-corrected chi connectivity index (χ1v) is 11.9. The first kappa shape index (κ1) is 24.1. The smallest absolute Gasteiger partial charge is 0.246 e. The highest BCUT2D eigenvalue weighted by molar-refractivity contribution is 5.62. The number of hydrogen-bond acceptors (Lipinski definition) is 7. The summed E-state index contributed by atoms with van der Waals surface area (Å²) in [5.41, 5.74) is 8.30. The van der Waals surface area contributed by atoms with Gasteiger partial charge in [-0.1, -0.05) is 26.8 Å². The lowest BCUT2D eigenvalue weighted by molar-refractivity contribution is 0.158. The Morgan fingerprint density at radius 1 is 1.06 bits per heavy atom. The van der Waals surface area contributed by atoms with E-state index >= 15 is 0 Å². The van der Waals surface area contributed by atoms with E-state index in [-0.39, 0.29) is 28.6 Å². The first-order chi connectivity index (χ1) is 17.0. The molecule has 5 rings (SSSR count). The number of halogens is 2. The number of hydrogen-bond donors (Lipinski definition) is 1. The van der Waals surface area contributed by atoms with E-state index in [0.29, 0.717) is 28.7 Å². The van der Waals surface area contributed by atoms with Gasteiger partial charge in [0.05, 0.1) is 40.0 Å². The second-order valence-electron chi connectivity index (χ2n) is 10.4. The molecule has 186 valence electrons. The second-order valence-corrected chi connectivity index (χ2v) is 10.4. The Morgan fingerprint density at radius 2 is 1.78 bits per heavy atom. The quantitative estimate of drug-likeness (QED) is 0.390. The number of oxazole rings is 1. The molecule has 0 aliphatic heterocycles. The van der Waals surface area contributed by atoms with Crippen molar-refractivity contribution in [3.63, 3.8) is 0 Å². The van der Waals surface area contributed by atoms with Crippen LogP contribution >= 0.6 is 0 Å². The minimum Gasteiger partial charge on any atom is -0.443 e. The van der Waals surface area contributed by atoms with Crippen molar-refractivity contribution in [2.75, 3.05) is 0 Å². The summed E-state index contributed by atoms with van der Waals surface area (Å²) in [6.45, 7) is 10.3. The fraction of sp³-hybridized carbons (Fsp3) is 0.370. The number of nitrogens with two attached hydrogens (primary N) is 1. The Morgan fingerprint density at radius 3 is 2.44 bits per heavy atom. The van der Waals surface area contributed by atoms with Gasteiger partial charge in [0.1, 0.15) is 23.6 Å². The lowest BCUT2D eigenvalue weighted by atomic mass is 9.54. The molecule has 1 aliphatic rings. The van der Waals surface area contributed by atoms with Crippen LogP contribution in [0.2, 0.25) is 0 Å². The highest BCUT2D eigenvalue weighted by Gasteiger charge is 2.52. The van der Waals surface area contributed by atoms with E-state index < -0.39 is 17.0 Å². The predicted octanol–water partition coefficient (Wildman–Crippen LogP) is 5.73. The number of aromatic nitrogens is 5. The molecule has 9 heteroatoms. The molecule has 0 bridgehead atoms. The van der Waals surface area contributed by atoms with E-state index in [1.807, 2.05) is 6.92 Å². The Kier molecular flexibility index (Phi) is 5.70. The molecule has 1 aromatic carbocycles. The summed E-state index contributed by atoms with van der Waals surface area (Å²) in [6.07, 6.45) is 5.62. The maximum atomic E-state index is 14.5. The maximum absolute atomic E-state index is 14.5. The number of benzene rings is 1. The molecule has 0 radical (unpaired) electrons. The lowest BCUT2D eigenvalue weighted by Crippen LogP contribution is -2.47. The summed E-state index contributed by atoms with van der Waals surface area (Å²) >= 11 is 0. The molecule has 36 heavy (non-hydrogen) atoms. The van der Waals surface area contributed by atoms with Crippen LogP contribution in [0.5, 0.6) is 0 Å². The summed E-state index contributed by atoms with van der Waals surface area (Å²) < 4.78 is 34.6. The SMILES string of the molecule is C[C@H](N)c1coc(-c2cncc([C@@]3(C)c4nnc(-c5c(F)cccc5F)cc4[C@H](C)CC3(C)C)n2)n1. The third-order valence-corrected chi connectivity index (χ3v) is 7.57. The van der Waals surface area contributed by atoms with Crippen LogP contribution in [-0.4, -0.2) is 25.1 Å². The van der Waals surface area contributed by atoms with Crippen LogP contribution in [0, 0.1) is 17.0 Å². The summed E-state index contributed by atoms with van der Waals surface area (Å²) in [5, 5.41) is 8.86. The minimum atomic E-state index is -0.701. The number of nitrogens with zero attached hydrogens (tertiary/aromatic N) is 5. The Hall–Kier alpha value is -3.59. The first-order valence-electron chi connectivity index (χ1n) is 11.9. The number of rotatable bonds is 4. The molecule has 3 heterocycles.